The summed E-state index contributed by atoms with van der Waals surface area (Å²) in [4.78, 5) is 25.3. The van der Waals surface area contributed by atoms with Crippen molar-refractivity contribution in [2.45, 2.75) is 39.4 Å². The highest BCUT2D eigenvalue weighted by molar-refractivity contribution is 6.01. The van der Waals surface area contributed by atoms with E-state index in [9.17, 15) is 9.59 Å². The SMILES string of the molecule is CCC1C(=O)NC(=O)CN1Cc1ccc(CN)cc1C. The van der Waals surface area contributed by atoms with Crippen molar-refractivity contribution in [2.24, 2.45) is 5.73 Å². The van der Waals surface area contributed by atoms with Gasteiger partial charge in [0.05, 0.1) is 12.6 Å². The zero-order chi connectivity index (χ0) is 14.7. The van der Waals surface area contributed by atoms with Crippen molar-refractivity contribution in [3.8, 4) is 0 Å². The van der Waals surface area contributed by atoms with Crippen LogP contribution in [0.15, 0.2) is 18.2 Å². The molecule has 1 aromatic rings. The number of rotatable bonds is 4. The fourth-order valence-electron chi connectivity index (χ4n) is 2.61. The number of nitrogens with zero attached hydrogens (tertiary/aromatic N) is 1. The molecule has 3 N–H and O–H groups in total. The summed E-state index contributed by atoms with van der Waals surface area (Å²) in [6.07, 6.45) is 0.693. The fourth-order valence-corrected chi connectivity index (χ4v) is 2.61. The van der Waals surface area contributed by atoms with Crippen LogP contribution in [-0.4, -0.2) is 29.3 Å². The lowest BCUT2D eigenvalue weighted by atomic mass is 10.0. The van der Waals surface area contributed by atoms with Crippen LogP contribution in [0, 0.1) is 6.92 Å². The molecule has 108 valence electrons. The first-order chi connectivity index (χ1) is 9.55. The van der Waals surface area contributed by atoms with Gasteiger partial charge in [0.25, 0.3) is 0 Å². The van der Waals surface area contributed by atoms with Crippen molar-refractivity contribution in [3.63, 3.8) is 0 Å². The number of imide groups is 1. The van der Waals surface area contributed by atoms with Gasteiger partial charge in [-0.2, -0.15) is 0 Å². The van der Waals surface area contributed by atoms with Crippen LogP contribution in [0.1, 0.15) is 30.0 Å². The molecule has 20 heavy (non-hydrogen) atoms. The highest BCUT2D eigenvalue weighted by Crippen LogP contribution is 2.17. The average molecular weight is 275 g/mol. The third-order valence-electron chi connectivity index (χ3n) is 3.76. The molecule has 0 radical (unpaired) electrons. The number of carbonyl (C=O) groups is 2. The Labute approximate surface area is 119 Å². The number of hydrogen-bond acceptors (Lipinski definition) is 4. The monoisotopic (exact) mass is 275 g/mol. The summed E-state index contributed by atoms with van der Waals surface area (Å²) < 4.78 is 0. The van der Waals surface area contributed by atoms with Crippen molar-refractivity contribution >= 4 is 11.8 Å². The summed E-state index contributed by atoms with van der Waals surface area (Å²) >= 11 is 0. The van der Waals surface area contributed by atoms with Gasteiger partial charge in [-0.25, -0.2) is 0 Å². The minimum absolute atomic E-state index is 0.194. The van der Waals surface area contributed by atoms with Crippen LogP contribution in [0.3, 0.4) is 0 Å². The minimum Gasteiger partial charge on any atom is -0.326 e. The molecule has 0 bridgehead atoms. The number of nitrogens with one attached hydrogen (secondary N) is 1. The van der Waals surface area contributed by atoms with Crippen molar-refractivity contribution in [1.82, 2.24) is 10.2 Å². The molecule has 5 nitrogen and oxygen atoms in total. The van der Waals surface area contributed by atoms with Crippen molar-refractivity contribution in [1.29, 1.82) is 0 Å². The number of nitrogens with two attached hydrogens (primary N) is 1. The molecule has 5 heteroatoms. The number of hydrogen-bond donors (Lipinski definition) is 2. The van der Waals surface area contributed by atoms with Crippen molar-refractivity contribution in [2.75, 3.05) is 6.54 Å². The highest BCUT2D eigenvalue weighted by atomic mass is 16.2. The van der Waals surface area contributed by atoms with Crippen LogP contribution in [-0.2, 0) is 22.7 Å². The Morgan fingerprint density at radius 2 is 2.15 bits per heavy atom. The van der Waals surface area contributed by atoms with Gasteiger partial charge in [0.2, 0.25) is 11.8 Å². The third kappa shape index (κ3) is 3.05. The second-order valence-electron chi connectivity index (χ2n) is 5.21. The lowest BCUT2D eigenvalue weighted by Crippen LogP contribution is -2.57. The molecule has 1 unspecified atom stereocenters. The van der Waals surface area contributed by atoms with E-state index in [1.54, 1.807) is 0 Å². The van der Waals surface area contributed by atoms with Crippen LogP contribution in [0.2, 0.25) is 0 Å². The molecule has 1 aliphatic heterocycles. The van der Waals surface area contributed by atoms with Gasteiger partial charge in [0.1, 0.15) is 0 Å². The lowest BCUT2D eigenvalue weighted by Gasteiger charge is -2.33. The summed E-state index contributed by atoms with van der Waals surface area (Å²) in [6.45, 7) is 5.37. The standard InChI is InChI=1S/C15H21N3O2/c1-3-13-15(20)17-14(19)9-18(13)8-12-5-4-11(7-16)6-10(12)2/h4-6,13H,3,7-9,16H2,1-2H3,(H,17,19,20). The topological polar surface area (TPSA) is 75.4 Å². The second-order valence-corrected chi connectivity index (χ2v) is 5.21. The molecule has 1 fully saturated rings. The van der Waals surface area contributed by atoms with Crippen LogP contribution < -0.4 is 11.1 Å². The van der Waals surface area contributed by atoms with Crippen LogP contribution in [0.25, 0.3) is 0 Å². The Morgan fingerprint density at radius 1 is 1.40 bits per heavy atom. The largest absolute Gasteiger partial charge is 0.326 e. The Hall–Kier alpha value is -1.72. The van der Waals surface area contributed by atoms with Crippen molar-refractivity contribution < 1.29 is 9.59 Å². The van der Waals surface area contributed by atoms with Gasteiger partial charge in [-0.1, -0.05) is 25.1 Å². The van der Waals surface area contributed by atoms with Crippen LogP contribution in [0.5, 0.6) is 0 Å². The molecular weight excluding hydrogens is 254 g/mol. The molecular formula is C15H21N3O2. The Morgan fingerprint density at radius 3 is 2.75 bits per heavy atom. The molecule has 1 atom stereocenters. The molecule has 2 amide bonds. The third-order valence-corrected chi connectivity index (χ3v) is 3.76. The molecule has 1 aromatic carbocycles. The van der Waals surface area contributed by atoms with E-state index in [1.165, 1.54) is 0 Å². The summed E-state index contributed by atoms with van der Waals surface area (Å²) in [5.74, 6) is -0.420. The first-order valence-corrected chi connectivity index (χ1v) is 6.91. The maximum Gasteiger partial charge on any atom is 0.243 e. The number of piperazine rings is 1. The summed E-state index contributed by atoms with van der Waals surface area (Å²) in [6, 6.07) is 5.85. The Bertz CT molecular complexity index is 528. The second kappa shape index (κ2) is 6.15. The minimum atomic E-state index is -0.235. The van der Waals surface area contributed by atoms with E-state index in [4.69, 9.17) is 5.73 Å². The number of benzene rings is 1. The van der Waals surface area contributed by atoms with Gasteiger partial charge in [-0.15, -0.1) is 0 Å². The highest BCUT2D eigenvalue weighted by Gasteiger charge is 2.32. The Kier molecular flexibility index (Phi) is 4.52. The van der Waals surface area contributed by atoms with Crippen LogP contribution in [0.4, 0.5) is 0 Å². The lowest BCUT2D eigenvalue weighted by molar-refractivity contribution is -0.140. The molecule has 1 heterocycles. The smallest absolute Gasteiger partial charge is 0.243 e. The molecule has 0 aromatic heterocycles. The van der Waals surface area contributed by atoms with Crippen LogP contribution >= 0.6 is 0 Å². The quantitative estimate of drug-likeness (QED) is 0.793. The average Bonchev–Trinajstić information content (AvgIpc) is 2.40. The molecule has 1 saturated heterocycles. The van der Waals surface area contributed by atoms with E-state index in [0.717, 1.165) is 16.7 Å². The van der Waals surface area contributed by atoms with E-state index in [2.05, 4.69) is 11.4 Å². The Balaban J connectivity index is 2.18. The van der Waals surface area contributed by atoms with Gasteiger partial charge >= 0.3 is 0 Å². The van der Waals surface area contributed by atoms with Gasteiger partial charge in [0, 0.05) is 13.1 Å². The number of amides is 2. The molecule has 2 rings (SSSR count). The van der Waals surface area contributed by atoms with E-state index in [-0.39, 0.29) is 24.4 Å². The van der Waals surface area contributed by atoms with Gasteiger partial charge in [-0.3, -0.25) is 19.8 Å². The van der Waals surface area contributed by atoms with Crippen molar-refractivity contribution in [3.05, 3.63) is 34.9 Å². The zero-order valence-corrected chi connectivity index (χ0v) is 12.0. The van der Waals surface area contributed by atoms with E-state index < -0.39 is 0 Å². The first kappa shape index (κ1) is 14.7. The van der Waals surface area contributed by atoms with Gasteiger partial charge in [-0.05, 0) is 30.0 Å². The maximum absolute atomic E-state index is 11.8. The molecule has 1 aliphatic rings. The summed E-state index contributed by atoms with van der Waals surface area (Å²) in [7, 11) is 0. The molecule has 0 saturated carbocycles. The number of aryl methyl sites for hydroxylation is 1. The summed E-state index contributed by atoms with van der Waals surface area (Å²) in [5, 5.41) is 2.39. The van der Waals surface area contributed by atoms with E-state index in [1.807, 2.05) is 30.9 Å². The molecule has 0 aliphatic carbocycles. The maximum atomic E-state index is 11.8. The number of carbonyl (C=O) groups excluding carboxylic acids is 2. The predicted molar refractivity (Wildman–Crippen MR) is 76.7 cm³/mol. The van der Waals surface area contributed by atoms with E-state index >= 15 is 0 Å². The summed E-state index contributed by atoms with van der Waals surface area (Å²) in [5.41, 5.74) is 8.98. The first-order valence-electron chi connectivity index (χ1n) is 6.91. The molecule has 0 spiro atoms. The fraction of sp³-hybridized carbons (Fsp3) is 0.467. The normalized spacial score (nSPS) is 20.1. The zero-order valence-electron chi connectivity index (χ0n) is 12.0. The van der Waals surface area contributed by atoms with E-state index in [0.29, 0.717) is 19.5 Å². The van der Waals surface area contributed by atoms with Gasteiger partial charge in [0.15, 0.2) is 0 Å². The predicted octanol–water partition coefficient (Wildman–Crippen LogP) is 0.691. The van der Waals surface area contributed by atoms with Gasteiger partial charge < -0.3 is 5.73 Å².